The zero-order valence-corrected chi connectivity index (χ0v) is 16.6. The maximum Gasteiger partial charge on any atom is 0.300 e. The van der Waals surface area contributed by atoms with Gasteiger partial charge >= 0.3 is 0 Å². The molecule has 1 aromatic heterocycles. The number of benzene rings is 2. The average molecular weight is 408 g/mol. The molecule has 2 heterocycles. The number of furan rings is 1. The van der Waals surface area contributed by atoms with Crippen LogP contribution in [0.4, 0.5) is 5.69 Å². The molecular formula is C23H18ClNO4. The molecular weight excluding hydrogens is 390 g/mol. The highest BCUT2D eigenvalue weighted by Crippen LogP contribution is 2.42. The number of hydrogen-bond acceptors (Lipinski definition) is 4. The second-order valence-electron chi connectivity index (χ2n) is 6.96. The Morgan fingerprint density at radius 3 is 2.38 bits per heavy atom. The van der Waals surface area contributed by atoms with Gasteiger partial charge in [-0.05, 0) is 67.9 Å². The molecule has 1 amide bonds. The highest BCUT2D eigenvalue weighted by molar-refractivity contribution is 6.51. The summed E-state index contributed by atoms with van der Waals surface area (Å²) in [6.07, 6.45) is 0. The lowest BCUT2D eigenvalue weighted by molar-refractivity contribution is -0.132. The second kappa shape index (κ2) is 7.26. The van der Waals surface area contributed by atoms with E-state index in [0.29, 0.717) is 27.8 Å². The van der Waals surface area contributed by atoms with E-state index in [1.165, 1.54) is 4.90 Å². The Morgan fingerprint density at radius 2 is 1.76 bits per heavy atom. The van der Waals surface area contributed by atoms with E-state index in [9.17, 15) is 14.7 Å². The Bertz CT molecular complexity index is 1140. The van der Waals surface area contributed by atoms with Gasteiger partial charge in [-0.25, -0.2) is 0 Å². The number of halogens is 1. The number of ketones is 1. The summed E-state index contributed by atoms with van der Waals surface area (Å²) in [6.45, 7) is 3.68. The van der Waals surface area contributed by atoms with Crippen molar-refractivity contribution in [2.75, 3.05) is 4.90 Å². The first-order valence-electron chi connectivity index (χ1n) is 9.07. The summed E-state index contributed by atoms with van der Waals surface area (Å²) in [5.41, 5.74) is 1.87. The second-order valence-corrected chi connectivity index (χ2v) is 7.40. The maximum absolute atomic E-state index is 13.0. The molecule has 1 aliphatic rings. The van der Waals surface area contributed by atoms with Crippen LogP contribution in [0.2, 0.25) is 5.02 Å². The van der Waals surface area contributed by atoms with Crippen molar-refractivity contribution in [3.05, 3.63) is 93.9 Å². The molecule has 5 nitrogen and oxygen atoms in total. The lowest BCUT2D eigenvalue weighted by Gasteiger charge is -2.23. The first kappa shape index (κ1) is 19.0. The van der Waals surface area contributed by atoms with Crippen molar-refractivity contribution in [3.63, 3.8) is 0 Å². The zero-order valence-electron chi connectivity index (χ0n) is 15.8. The third-order valence-electron chi connectivity index (χ3n) is 4.87. The number of hydrogen-bond donors (Lipinski definition) is 1. The van der Waals surface area contributed by atoms with Gasteiger partial charge in [-0.2, -0.15) is 0 Å². The fourth-order valence-electron chi connectivity index (χ4n) is 3.51. The van der Waals surface area contributed by atoms with Crippen molar-refractivity contribution >= 4 is 34.7 Å². The molecule has 2 aromatic carbocycles. The number of aliphatic hydroxyl groups excluding tert-OH is 1. The minimum absolute atomic E-state index is 0.0202. The lowest BCUT2D eigenvalue weighted by Crippen LogP contribution is -2.29. The molecule has 1 N–H and O–H groups in total. The van der Waals surface area contributed by atoms with Crippen LogP contribution in [0.25, 0.3) is 5.76 Å². The number of carbonyl (C=O) groups excluding carboxylic acids is 2. The molecule has 0 bridgehead atoms. The van der Waals surface area contributed by atoms with Crippen molar-refractivity contribution in [2.45, 2.75) is 19.9 Å². The molecule has 1 fully saturated rings. The van der Waals surface area contributed by atoms with Crippen molar-refractivity contribution < 1.29 is 19.1 Å². The Hall–Kier alpha value is -3.31. The van der Waals surface area contributed by atoms with Gasteiger partial charge in [-0.1, -0.05) is 23.7 Å². The monoisotopic (exact) mass is 407 g/mol. The topological polar surface area (TPSA) is 70.8 Å². The number of rotatable bonds is 3. The number of aliphatic hydroxyl groups is 1. The van der Waals surface area contributed by atoms with Gasteiger partial charge in [0.1, 0.15) is 23.3 Å². The summed E-state index contributed by atoms with van der Waals surface area (Å²) < 4.78 is 5.77. The average Bonchev–Trinajstić information content (AvgIpc) is 3.23. The number of anilines is 1. The van der Waals surface area contributed by atoms with E-state index >= 15 is 0 Å². The first-order valence-corrected chi connectivity index (χ1v) is 9.44. The van der Waals surface area contributed by atoms with Crippen molar-refractivity contribution in [3.8, 4) is 0 Å². The van der Waals surface area contributed by atoms with E-state index in [4.69, 9.17) is 16.0 Å². The molecule has 29 heavy (non-hydrogen) atoms. The van der Waals surface area contributed by atoms with E-state index < -0.39 is 17.7 Å². The molecule has 1 atom stereocenters. The van der Waals surface area contributed by atoms with Gasteiger partial charge in [0.2, 0.25) is 0 Å². The summed E-state index contributed by atoms with van der Waals surface area (Å²) >= 11 is 5.93. The summed E-state index contributed by atoms with van der Waals surface area (Å²) in [4.78, 5) is 27.3. The third kappa shape index (κ3) is 3.34. The quantitative estimate of drug-likeness (QED) is 0.369. The Labute approximate surface area is 172 Å². The first-order chi connectivity index (χ1) is 13.9. The van der Waals surface area contributed by atoms with Crippen LogP contribution in [0.15, 0.2) is 70.7 Å². The van der Waals surface area contributed by atoms with Crippen LogP contribution in [-0.2, 0) is 9.59 Å². The van der Waals surface area contributed by atoms with E-state index in [1.807, 2.05) is 25.1 Å². The minimum Gasteiger partial charge on any atom is -0.507 e. The summed E-state index contributed by atoms with van der Waals surface area (Å²) in [7, 11) is 0. The van der Waals surface area contributed by atoms with E-state index in [1.54, 1.807) is 49.4 Å². The molecule has 6 heteroatoms. The lowest BCUT2D eigenvalue weighted by atomic mass is 9.99. The number of aryl methyl sites for hydroxylation is 2. The van der Waals surface area contributed by atoms with Crippen LogP contribution in [0, 0.1) is 13.8 Å². The summed E-state index contributed by atoms with van der Waals surface area (Å²) in [6, 6.07) is 16.3. The number of amides is 1. The smallest absolute Gasteiger partial charge is 0.300 e. The van der Waals surface area contributed by atoms with Crippen LogP contribution < -0.4 is 4.90 Å². The fourth-order valence-corrected chi connectivity index (χ4v) is 3.64. The molecule has 3 aromatic rings. The molecule has 146 valence electrons. The van der Waals surface area contributed by atoms with Gasteiger partial charge < -0.3 is 9.52 Å². The van der Waals surface area contributed by atoms with E-state index in [0.717, 1.165) is 5.56 Å². The standard InChI is InChI=1S/C23H18ClNO4/c1-13-4-3-5-17(12-13)25-20(18-11-6-14(2)29-18)19(22(27)23(25)28)21(26)15-7-9-16(24)10-8-15/h3-12,20,26H,1-2H3/b21-19-. The fraction of sp³-hybridized carbons (Fsp3) is 0.130. The van der Waals surface area contributed by atoms with Crippen LogP contribution >= 0.6 is 11.6 Å². The number of Topliss-reactive ketones (excluding diaryl/α,β-unsaturated/α-hetero) is 1. The van der Waals surface area contributed by atoms with Crippen molar-refractivity contribution in [1.82, 2.24) is 0 Å². The molecule has 1 aliphatic heterocycles. The van der Waals surface area contributed by atoms with E-state index in [2.05, 4.69) is 0 Å². The van der Waals surface area contributed by atoms with Crippen molar-refractivity contribution in [1.29, 1.82) is 0 Å². The normalized spacial score (nSPS) is 18.4. The minimum atomic E-state index is -0.874. The van der Waals surface area contributed by atoms with Gasteiger partial charge in [0.15, 0.2) is 0 Å². The van der Waals surface area contributed by atoms with Gasteiger partial charge in [-0.15, -0.1) is 0 Å². The molecule has 1 unspecified atom stereocenters. The number of carbonyl (C=O) groups is 2. The Balaban J connectivity index is 1.94. The van der Waals surface area contributed by atoms with Crippen LogP contribution in [0.3, 0.4) is 0 Å². The SMILES string of the molecule is Cc1cccc(N2C(=O)C(=O)/C(=C(\O)c3ccc(Cl)cc3)C2c2ccc(C)o2)c1. The van der Waals surface area contributed by atoms with E-state index in [-0.39, 0.29) is 11.3 Å². The van der Waals surface area contributed by atoms with Gasteiger partial charge in [0.05, 0.1) is 5.57 Å². The highest BCUT2D eigenvalue weighted by atomic mass is 35.5. The van der Waals surface area contributed by atoms with Gasteiger partial charge in [0.25, 0.3) is 11.7 Å². The van der Waals surface area contributed by atoms with Crippen LogP contribution in [-0.4, -0.2) is 16.8 Å². The number of nitrogens with zero attached hydrogens (tertiary/aromatic N) is 1. The summed E-state index contributed by atoms with van der Waals surface area (Å²) in [5, 5.41) is 11.5. The Morgan fingerprint density at radius 1 is 1.03 bits per heavy atom. The maximum atomic E-state index is 13.0. The molecule has 1 saturated heterocycles. The summed E-state index contributed by atoms with van der Waals surface area (Å²) in [5.74, 6) is -0.711. The predicted molar refractivity (Wildman–Crippen MR) is 111 cm³/mol. The van der Waals surface area contributed by atoms with Crippen LogP contribution in [0.1, 0.15) is 28.7 Å². The predicted octanol–water partition coefficient (Wildman–Crippen LogP) is 5.18. The highest BCUT2D eigenvalue weighted by Gasteiger charge is 2.48. The largest absolute Gasteiger partial charge is 0.507 e. The molecule has 4 rings (SSSR count). The molecule has 0 spiro atoms. The van der Waals surface area contributed by atoms with Crippen LogP contribution in [0.5, 0.6) is 0 Å². The molecule has 0 aliphatic carbocycles. The zero-order chi connectivity index (χ0) is 20.7. The third-order valence-corrected chi connectivity index (χ3v) is 5.12. The molecule has 0 radical (unpaired) electrons. The van der Waals surface area contributed by atoms with Crippen molar-refractivity contribution in [2.24, 2.45) is 0 Å². The van der Waals surface area contributed by atoms with Gasteiger partial charge in [0, 0.05) is 16.3 Å². The Kier molecular flexibility index (Phi) is 4.76. The molecule has 0 saturated carbocycles. The van der Waals surface area contributed by atoms with Gasteiger partial charge in [-0.3, -0.25) is 14.5 Å².